The van der Waals surface area contributed by atoms with E-state index in [1.54, 1.807) is 0 Å². The molecule has 4 nitrogen and oxygen atoms in total. The van der Waals surface area contributed by atoms with Crippen molar-refractivity contribution in [1.82, 2.24) is 5.32 Å². The summed E-state index contributed by atoms with van der Waals surface area (Å²) in [5.74, 6) is -2.29. The van der Waals surface area contributed by atoms with Crippen molar-refractivity contribution in [1.29, 1.82) is 0 Å². The Morgan fingerprint density at radius 2 is 2.05 bits per heavy atom. The fraction of sp³-hybridized carbons (Fsp3) is 0.333. The highest BCUT2D eigenvalue weighted by Crippen LogP contribution is 2.31. The van der Waals surface area contributed by atoms with Gasteiger partial charge in [-0.3, -0.25) is 9.59 Å². The van der Waals surface area contributed by atoms with Gasteiger partial charge in [0.1, 0.15) is 11.9 Å². The molecule has 7 heteroatoms. The summed E-state index contributed by atoms with van der Waals surface area (Å²) >= 11 is 3.04. The highest BCUT2D eigenvalue weighted by Gasteiger charge is 2.30. The van der Waals surface area contributed by atoms with Crippen molar-refractivity contribution < 1.29 is 18.4 Å². The van der Waals surface area contributed by atoms with Crippen LogP contribution in [0.5, 0.6) is 0 Å². The summed E-state index contributed by atoms with van der Waals surface area (Å²) in [6.45, 7) is 1.57. The quantitative estimate of drug-likeness (QED) is 0.854. The first-order chi connectivity index (χ1) is 8.90. The van der Waals surface area contributed by atoms with Crippen LogP contribution in [0.25, 0.3) is 0 Å². The van der Waals surface area contributed by atoms with Gasteiger partial charge in [0.2, 0.25) is 11.8 Å². The van der Waals surface area contributed by atoms with Crippen LogP contribution in [0.3, 0.4) is 0 Å². The van der Waals surface area contributed by atoms with E-state index in [2.05, 4.69) is 21.2 Å². The Hall–Kier alpha value is -1.50. The van der Waals surface area contributed by atoms with Gasteiger partial charge in [0, 0.05) is 23.5 Å². The third-order valence-electron chi connectivity index (χ3n) is 2.83. The van der Waals surface area contributed by atoms with Gasteiger partial charge in [0.15, 0.2) is 5.82 Å². The van der Waals surface area contributed by atoms with Gasteiger partial charge in [0.05, 0.1) is 5.69 Å². The molecular formula is C12H11BrF2N2O2. The maximum atomic E-state index is 13.9. The summed E-state index contributed by atoms with van der Waals surface area (Å²) < 4.78 is 27.0. The molecule has 1 fully saturated rings. The third-order valence-corrected chi connectivity index (χ3v) is 3.43. The first kappa shape index (κ1) is 13.9. The van der Waals surface area contributed by atoms with Crippen LogP contribution in [-0.2, 0) is 9.59 Å². The average molecular weight is 333 g/mol. The molecule has 2 amide bonds. The molecule has 0 spiro atoms. The van der Waals surface area contributed by atoms with E-state index in [0.717, 1.165) is 11.0 Å². The minimum absolute atomic E-state index is 0.0465. The zero-order valence-electron chi connectivity index (χ0n) is 10.0. The van der Waals surface area contributed by atoms with Crippen molar-refractivity contribution >= 4 is 33.4 Å². The van der Waals surface area contributed by atoms with E-state index in [9.17, 15) is 18.4 Å². The molecule has 0 aliphatic carbocycles. The molecule has 0 saturated carbocycles. The average Bonchev–Trinajstić information content (AvgIpc) is 2.41. The largest absolute Gasteiger partial charge is 0.345 e. The van der Waals surface area contributed by atoms with Crippen LogP contribution in [0.2, 0.25) is 0 Å². The summed E-state index contributed by atoms with van der Waals surface area (Å²) in [5, 5.41) is 2.50. The Morgan fingerprint density at radius 3 is 2.68 bits per heavy atom. The minimum atomic E-state index is -0.846. The predicted molar refractivity (Wildman–Crippen MR) is 68.6 cm³/mol. The molecule has 1 aliphatic heterocycles. The lowest BCUT2D eigenvalue weighted by Gasteiger charge is -2.24. The van der Waals surface area contributed by atoms with E-state index in [1.807, 2.05) is 0 Å². The van der Waals surface area contributed by atoms with E-state index in [-0.39, 0.29) is 29.0 Å². The molecule has 0 radical (unpaired) electrons. The normalized spacial score (nSPS) is 20.2. The number of carbonyl (C=O) groups excluding carboxylic acids is 2. The minimum Gasteiger partial charge on any atom is -0.345 e. The van der Waals surface area contributed by atoms with Gasteiger partial charge in [-0.1, -0.05) is 0 Å². The van der Waals surface area contributed by atoms with Crippen molar-refractivity contribution in [2.75, 3.05) is 11.4 Å². The molecule has 1 saturated heterocycles. The predicted octanol–water partition coefficient (Wildman–Crippen LogP) is 1.97. The topological polar surface area (TPSA) is 49.4 Å². The summed E-state index contributed by atoms with van der Waals surface area (Å²) in [7, 11) is 0. The number of hydrogen-bond donors (Lipinski definition) is 1. The van der Waals surface area contributed by atoms with Gasteiger partial charge in [-0.2, -0.15) is 0 Å². The molecule has 2 rings (SSSR count). The summed E-state index contributed by atoms with van der Waals surface area (Å²) in [6, 6.07) is 1.04. The van der Waals surface area contributed by atoms with Crippen molar-refractivity contribution in [3.63, 3.8) is 0 Å². The van der Waals surface area contributed by atoms with Crippen LogP contribution >= 0.6 is 15.9 Å². The van der Waals surface area contributed by atoms with Gasteiger partial charge in [0.25, 0.3) is 0 Å². The first-order valence-corrected chi connectivity index (χ1v) is 6.44. The summed E-state index contributed by atoms with van der Waals surface area (Å²) in [5.41, 5.74) is -0.0465. The smallest absolute Gasteiger partial charge is 0.249 e. The number of benzene rings is 1. The molecular weight excluding hydrogens is 322 g/mol. The second-order valence-corrected chi connectivity index (χ2v) is 5.10. The number of rotatable bonds is 1. The molecule has 1 aliphatic rings. The van der Waals surface area contributed by atoms with E-state index >= 15 is 0 Å². The number of halogens is 3. The van der Waals surface area contributed by atoms with Crippen molar-refractivity contribution in [2.24, 2.45) is 0 Å². The van der Waals surface area contributed by atoms with Gasteiger partial charge in [-0.25, -0.2) is 8.78 Å². The fourth-order valence-electron chi connectivity index (χ4n) is 1.95. The van der Waals surface area contributed by atoms with Crippen LogP contribution in [-0.4, -0.2) is 24.4 Å². The number of nitrogens with one attached hydrogen (secondary N) is 1. The lowest BCUT2D eigenvalue weighted by atomic mass is 10.2. The number of amides is 2. The van der Waals surface area contributed by atoms with Crippen LogP contribution < -0.4 is 10.2 Å². The second-order valence-electron chi connectivity index (χ2n) is 4.25. The van der Waals surface area contributed by atoms with Gasteiger partial charge >= 0.3 is 0 Å². The van der Waals surface area contributed by atoms with E-state index < -0.39 is 23.6 Å². The molecule has 1 aromatic carbocycles. The monoisotopic (exact) mass is 332 g/mol. The number of anilines is 1. The highest BCUT2D eigenvalue weighted by molar-refractivity contribution is 9.10. The second kappa shape index (κ2) is 5.24. The van der Waals surface area contributed by atoms with Crippen LogP contribution in [0, 0.1) is 11.6 Å². The summed E-state index contributed by atoms with van der Waals surface area (Å²) in [6.07, 6.45) is 0.0688. The van der Waals surface area contributed by atoms with Crippen LogP contribution in [0.15, 0.2) is 16.6 Å². The Labute approximate surface area is 116 Å². The van der Waals surface area contributed by atoms with E-state index in [1.165, 1.54) is 6.92 Å². The Bertz CT molecular complexity index is 528. The van der Waals surface area contributed by atoms with Crippen molar-refractivity contribution in [3.8, 4) is 0 Å². The van der Waals surface area contributed by atoms with E-state index in [4.69, 9.17) is 0 Å². The number of nitrogens with zero attached hydrogens (tertiary/aromatic N) is 1. The summed E-state index contributed by atoms with van der Waals surface area (Å²) in [4.78, 5) is 24.6. The fourth-order valence-corrected chi connectivity index (χ4v) is 2.57. The third kappa shape index (κ3) is 2.75. The zero-order valence-corrected chi connectivity index (χ0v) is 11.6. The highest BCUT2D eigenvalue weighted by atomic mass is 79.9. The molecule has 1 atom stereocenters. The molecule has 1 heterocycles. The lowest BCUT2D eigenvalue weighted by molar-refractivity contribution is -0.125. The number of hydrogen-bond acceptors (Lipinski definition) is 2. The van der Waals surface area contributed by atoms with Gasteiger partial charge < -0.3 is 10.2 Å². The molecule has 0 aromatic heterocycles. The van der Waals surface area contributed by atoms with Crippen LogP contribution in [0.1, 0.15) is 13.3 Å². The molecule has 0 bridgehead atoms. The molecule has 1 aromatic rings. The standard InChI is InChI=1S/C12H11BrF2N2O2/c1-6-12(19)17(3-2-10(18)16-6)11-8(13)4-7(14)5-9(11)15/h4-6H,2-3H2,1H3,(H,16,18). The SMILES string of the molecule is CC1NC(=O)CCN(c2c(F)cc(F)cc2Br)C1=O. The first-order valence-electron chi connectivity index (χ1n) is 5.65. The number of carbonyl (C=O) groups is 2. The molecule has 102 valence electrons. The zero-order chi connectivity index (χ0) is 14.2. The van der Waals surface area contributed by atoms with E-state index in [0.29, 0.717) is 6.07 Å². The molecule has 1 N–H and O–H groups in total. The Morgan fingerprint density at radius 1 is 1.37 bits per heavy atom. The van der Waals surface area contributed by atoms with Gasteiger partial charge in [-0.15, -0.1) is 0 Å². The Balaban J connectivity index is 2.45. The lowest BCUT2D eigenvalue weighted by Crippen LogP contribution is -2.43. The van der Waals surface area contributed by atoms with Crippen LogP contribution in [0.4, 0.5) is 14.5 Å². The molecule has 1 unspecified atom stereocenters. The maximum absolute atomic E-state index is 13.9. The maximum Gasteiger partial charge on any atom is 0.249 e. The van der Waals surface area contributed by atoms with Crippen molar-refractivity contribution in [2.45, 2.75) is 19.4 Å². The Kier molecular flexibility index (Phi) is 3.84. The van der Waals surface area contributed by atoms with Gasteiger partial charge in [-0.05, 0) is 28.9 Å². The van der Waals surface area contributed by atoms with Crippen molar-refractivity contribution in [3.05, 3.63) is 28.2 Å². The molecule has 19 heavy (non-hydrogen) atoms.